The Morgan fingerprint density at radius 1 is 0.545 bits per heavy atom. The summed E-state index contributed by atoms with van der Waals surface area (Å²) in [5, 5.41) is 22.7. The number of unbranched alkanes of at least 4 members (excludes halogenated alkanes) is 17. The van der Waals surface area contributed by atoms with Crippen molar-refractivity contribution >= 4 is 5.91 Å². The largest absolute Gasteiger partial charge is 0.394 e. The number of allylic oxidation sites excluding steroid dienone is 9. The quantitative estimate of drug-likeness (QED) is 0.0522. The average Bonchev–Trinajstić information content (AvgIpc) is 3.03. The standard InChI is InChI=1S/C40H71NO3/c1-3-5-7-9-11-13-14-15-16-17-18-19-20-21-22-23-24-25-26-28-30-32-34-36-40(44)41-38(37-42)39(43)35-33-31-29-27-12-10-8-6-4-2/h12,14-15,17-18,20-21,27,33,35,38-39,42-43H,3-11,13,16,19,22-26,28-32,34,36-37H2,1-2H3,(H,41,44)/b15-14-,18-17-,21-20-,27-12+,35-33+. The van der Waals surface area contributed by atoms with Crippen LogP contribution in [0.1, 0.15) is 168 Å². The van der Waals surface area contributed by atoms with Gasteiger partial charge in [-0.25, -0.2) is 0 Å². The minimum atomic E-state index is -0.864. The van der Waals surface area contributed by atoms with Crippen LogP contribution in [0.4, 0.5) is 0 Å². The first-order valence-electron chi connectivity index (χ1n) is 18.5. The second kappa shape index (κ2) is 35.6. The number of aliphatic hydroxyl groups excluding tert-OH is 2. The first-order valence-corrected chi connectivity index (χ1v) is 18.5. The van der Waals surface area contributed by atoms with Crippen LogP contribution in [-0.4, -0.2) is 34.9 Å². The lowest BCUT2D eigenvalue weighted by Gasteiger charge is -2.19. The van der Waals surface area contributed by atoms with Crippen molar-refractivity contribution in [3.63, 3.8) is 0 Å². The highest BCUT2D eigenvalue weighted by atomic mass is 16.3. The summed E-state index contributed by atoms with van der Waals surface area (Å²) < 4.78 is 0. The highest BCUT2D eigenvalue weighted by Crippen LogP contribution is 2.12. The molecule has 3 N–H and O–H groups in total. The molecule has 2 unspecified atom stereocenters. The number of amides is 1. The molecule has 0 aromatic carbocycles. The van der Waals surface area contributed by atoms with Crippen molar-refractivity contribution in [2.24, 2.45) is 0 Å². The molecule has 0 fully saturated rings. The molecule has 0 spiro atoms. The van der Waals surface area contributed by atoms with E-state index in [0.29, 0.717) is 6.42 Å². The molecule has 0 aromatic rings. The number of rotatable bonds is 32. The minimum absolute atomic E-state index is 0.0876. The topological polar surface area (TPSA) is 69.6 Å². The van der Waals surface area contributed by atoms with Crippen LogP contribution in [0.15, 0.2) is 60.8 Å². The molecule has 254 valence electrons. The van der Waals surface area contributed by atoms with Crippen LogP contribution in [0.3, 0.4) is 0 Å². The normalized spacial score (nSPS) is 13.8. The van der Waals surface area contributed by atoms with Crippen molar-refractivity contribution < 1.29 is 15.0 Å². The molecular formula is C40H71NO3. The summed E-state index contributed by atoms with van der Waals surface area (Å²) in [5.74, 6) is -0.0876. The Morgan fingerprint density at radius 2 is 0.955 bits per heavy atom. The molecular weight excluding hydrogens is 542 g/mol. The summed E-state index contributed by atoms with van der Waals surface area (Å²) >= 11 is 0. The molecule has 0 saturated heterocycles. The van der Waals surface area contributed by atoms with Crippen LogP contribution in [-0.2, 0) is 4.79 Å². The van der Waals surface area contributed by atoms with Gasteiger partial charge in [-0.2, -0.15) is 0 Å². The summed E-state index contributed by atoms with van der Waals surface area (Å²) in [6.45, 7) is 4.21. The molecule has 0 radical (unpaired) electrons. The van der Waals surface area contributed by atoms with Crippen LogP contribution in [0.2, 0.25) is 0 Å². The zero-order chi connectivity index (χ0) is 32.2. The molecule has 0 heterocycles. The number of carbonyl (C=O) groups excluding carboxylic acids is 1. The van der Waals surface area contributed by atoms with Crippen molar-refractivity contribution in [3.8, 4) is 0 Å². The van der Waals surface area contributed by atoms with E-state index in [1.165, 1.54) is 96.3 Å². The van der Waals surface area contributed by atoms with E-state index in [1.54, 1.807) is 6.08 Å². The van der Waals surface area contributed by atoms with E-state index in [4.69, 9.17) is 0 Å². The zero-order valence-corrected chi connectivity index (χ0v) is 28.9. The molecule has 0 aromatic heterocycles. The Bertz CT molecular complexity index is 752. The Morgan fingerprint density at radius 3 is 1.52 bits per heavy atom. The third kappa shape index (κ3) is 31.5. The van der Waals surface area contributed by atoms with Crippen LogP contribution in [0.5, 0.6) is 0 Å². The summed E-state index contributed by atoms with van der Waals surface area (Å²) in [6, 6.07) is -0.642. The van der Waals surface area contributed by atoms with Gasteiger partial charge in [-0.05, 0) is 70.6 Å². The first-order chi connectivity index (χ1) is 21.7. The smallest absolute Gasteiger partial charge is 0.220 e. The fourth-order valence-electron chi connectivity index (χ4n) is 5.08. The van der Waals surface area contributed by atoms with Gasteiger partial charge in [0.25, 0.3) is 0 Å². The maximum absolute atomic E-state index is 12.3. The Hall–Kier alpha value is -1.91. The molecule has 0 aliphatic carbocycles. The van der Waals surface area contributed by atoms with Gasteiger partial charge < -0.3 is 15.5 Å². The highest BCUT2D eigenvalue weighted by molar-refractivity contribution is 5.76. The van der Waals surface area contributed by atoms with E-state index in [0.717, 1.165) is 51.4 Å². The maximum Gasteiger partial charge on any atom is 0.220 e. The second-order valence-corrected chi connectivity index (χ2v) is 12.3. The lowest BCUT2D eigenvalue weighted by molar-refractivity contribution is -0.123. The summed E-state index contributed by atoms with van der Waals surface area (Å²) in [6.07, 6.45) is 48.8. The van der Waals surface area contributed by atoms with Crippen molar-refractivity contribution in [3.05, 3.63) is 60.8 Å². The second-order valence-electron chi connectivity index (χ2n) is 12.3. The van der Waals surface area contributed by atoms with E-state index in [-0.39, 0.29) is 12.5 Å². The van der Waals surface area contributed by atoms with Crippen molar-refractivity contribution in [2.45, 2.75) is 180 Å². The third-order valence-corrected chi connectivity index (χ3v) is 7.97. The molecule has 0 rings (SSSR count). The van der Waals surface area contributed by atoms with Crippen molar-refractivity contribution in [2.75, 3.05) is 6.61 Å². The van der Waals surface area contributed by atoms with E-state index < -0.39 is 12.1 Å². The SMILES string of the molecule is CCCCC/C=C/CC/C=C/C(O)C(CO)NC(=O)CCCCCCCCCC/C=C\C/C=C\C/C=C\CCCCCCC. The van der Waals surface area contributed by atoms with Gasteiger partial charge in [-0.15, -0.1) is 0 Å². The molecule has 2 atom stereocenters. The highest BCUT2D eigenvalue weighted by Gasteiger charge is 2.17. The molecule has 0 saturated carbocycles. The number of nitrogens with one attached hydrogen (secondary N) is 1. The number of carbonyl (C=O) groups is 1. The summed E-state index contributed by atoms with van der Waals surface area (Å²) in [5.41, 5.74) is 0. The molecule has 0 bridgehead atoms. The Labute approximate surface area is 273 Å². The number of aliphatic hydroxyl groups is 2. The average molecular weight is 614 g/mol. The van der Waals surface area contributed by atoms with Crippen LogP contribution in [0.25, 0.3) is 0 Å². The van der Waals surface area contributed by atoms with Gasteiger partial charge in [-0.1, -0.05) is 152 Å². The van der Waals surface area contributed by atoms with E-state index >= 15 is 0 Å². The van der Waals surface area contributed by atoms with E-state index in [1.807, 2.05) is 6.08 Å². The van der Waals surface area contributed by atoms with Gasteiger partial charge in [0, 0.05) is 6.42 Å². The lowest BCUT2D eigenvalue weighted by atomic mass is 10.1. The third-order valence-electron chi connectivity index (χ3n) is 7.97. The monoisotopic (exact) mass is 614 g/mol. The van der Waals surface area contributed by atoms with Crippen molar-refractivity contribution in [1.82, 2.24) is 5.32 Å². The van der Waals surface area contributed by atoms with Gasteiger partial charge in [0.15, 0.2) is 0 Å². The van der Waals surface area contributed by atoms with E-state index in [2.05, 4.69) is 67.8 Å². The van der Waals surface area contributed by atoms with Crippen LogP contribution in [0, 0.1) is 0 Å². The Kier molecular flexibility index (Phi) is 34.0. The fraction of sp³-hybridized carbons (Fsp3) is 0.725. The fourth-order valence-corrected chi connectivity index (χ4v) is 5.08. The first kappa shape index (κ1) is 42.1. The summed E-state index contributed by atoms with van der Waals surface area (Å²) in [4.78, 5) is 12.3. The molecule has 0 aliphatic heterocycles. The van der Waals surface area contributed by atoms with Crippen LogP contribution >= 0.6 is 0 Å². The van der Waals surface area contributed by atoms with Crippen LogP contribution < -0.4 is 5.32 Å². The van der Waals surface area contributed by atoms with E-state index in [9.17, 15) is 15.0 Å². The molecule has 1 amide bonds. The Balaban J connectivity index is 3.63. The number of hydrogen-bond acceptors (Lipinski definition) is 3. The van der Waals surface area contributed by atoms with Gasteiger partial charge in [0.2, 0.25) is 5.91 Å². The number of hydrogen-bond donors (Lipinski definition) is 3. The molecule has 0 aliphatic rings. The minimum Gasteiger partial charge on any atom is -0.394 e. The molecule has 4 heteroatoms. The zero-order valence-electron chi connectivity index (χ0n) is 28.9. The van der Waals surface area contributed by atoms with Gasteiger partial charge in [-0.3, -0.25) is 4.79 Å². The maximum atomic E-state index is 12.3. The lowest BCUT2D eigenvalue weighted by Crippen LogP contribution is -2.45. The predicted molar refractivity (Wildman–Crippen MR) is 193 cm³/mol. The molecule has 44 heavy (non-hydrogen) atoms. The van der Waals surface area contributed by atoms with Gasteiger partial charge in [0.05, 0.1) is 18.8 Å². The van der Waals surface area contributed by atoms with Gasteiger partial charge in [0.1, 0.15) is 0 Å². The predicted octanol–water partition coefficient (Wildman–Crippen LogP) is 11.0. The summed E-state index contributed by atoms with van der Waals surface area (Å²) in [7, 11) is 0. The van der Waals surface area contributed by atoms with Crippen molar-refractivity contribution in [1.29, 1.82) is 0 Å². The van der Waals surface area contributed by atoms with Gasteiger partial charge >= 0.3 is 0 Å². The molecule has 4 nitrogen and oxygen atoms in total.